The Labute approximate surface area is 142 Å². The molecule has 0 unspecified atom stereocenters. The van der Waals surface area contributed by atoms with Gasteiger partial charge in [0, 0.05) is 16.1 Å². The highest BCUT2D eigenvalue weighted by atomic mass is 79.9. The zero-order valence-corrected chi connectivity index (χ0v) is 15.4. The van der Waals surface area contributed by atoms with E-state index in [-0.39, 0.29) is 5.91 Å². The average molecular weight is 420 g/mol. The Morgan fingerprint density at radius 2 is 1.90 bits per heavy atom. The van der Waals surface area contributed by atoms with E-state index >= 15 is 0 Å². The maximum Gasteiger partial charge on any atom is 0.233 e. The van der Waals surface area contributed by atoms with Crippen LogP contribution in [0.4, 0.5) is 5.69 Å². The fourth-order valence-corrected chi connectivity index (χ4v) is 4.30. The maximum atomic E-state index is 12.8. The molecule has 6 heteroatoms. The molecular weight excluding hydrogens is 400 g/mol. The molecule has 2 rings (SSSR count). The third kappa shape index (κ3) is 3.86. The molecule has 0 aliphatic carbocycles. The van der Waals surface area contributed by atoms with Crippen LogP contribution in [0.1, 0.15) is 18.4 Å². The van der Waals surface area contributed by atoms with E-state index in [9.17, 15) is 4.79 Å². The molecule has 1 heterocycles. The van der Waals surface area contributed by atoms with E-state index in [2.05, 4.69) is 42.5 Å². The SMILES string of the molecule is COCC1(C(=O)Nc2c(Br)cc(C)cc2Br)CCNCC1. The van der Waals surface area contributed by atoms with Gasteiger partial charge in [-0.25, -0.2) is 0 Å². The van der Waals surface area contributed by atoms with Crippen LogP contribution in [0.2, 0.25) is 0 Å². The molecule has 116 valence electrons. The largest absolute Gasteiger partial charge is 0.384 e. The molecule has 1 fully saturated rings. The third-order valence-electron chi connectivity index (χ3n) is 3.89. The van der Waals surface area contributed by atoms with E-state index in [1.165, 1.54) is 0 Å². The molecule has 0 radical (unpaired) electrons. The third-order valence-corrected chi connectivity index (χ3v) is 5.14. The minimum Gasteiger partial charge on any atom is -0.384 e. The molecule has 1 aromatic carbocycles. The van der Waals surface area contributed by atoms with Gasteiger partial charge in [0.1, 0.15) is 0 Å². The number of hydrogen-bond acceptors (Lipinski definition) is 3. The van der Waals surface area contributed by atoms with Crippen molar-refractivity contribution in [3.05, 3.63) is 26.6 Å². The number of methoxy groups -OCH3 is 1. The Hall–Kier alpha value is -0.430. The number of carbonyl (C=O) groups excluding carboxylic acids is 1. The molecule has 0 spiro atoms. The lowest BCUT2D eigenvalue weighted by Gasteiger charge is -2.35. The Morgan fingerprint density at radius 3 is 2.43 bits per heavy atom. The van der Waals surface area contributed by atoms with Crippen molar-refractivity contribution >= 4 is 43.5 Å². The van der Waals surface area contributed by atoms with Crippen molar-refractivity contribution in [2.45, 2.75) is 19.8 Å². The number of nitrogens with one attached hydrogen (secondary N) is 2. The molecule has 4 nitrogen and oxygen atoms in total. The molecule has 2 N–H and O–H groups in total. The van der Waals surface area contributed by atoms with Crippen molar-refractivity contribution in [2.24, 2.45) is 5.41 Å². The number of rotatable bonds is 4. The molecule has 1 amide bonds. The highest BCUT2D eigenvalue weighted by Gasteiger charge is 2.40. The number of ether oxygens (including phenoxy) is 1. The van der Waals surface area contributed by atoms with Crippen molar-refractivity contribution in [2.75, 3.05) is 32.1 Å². The number of piperidine rings is 1. The van der Waals surface area contributed by atoms with Gasteiger partial charge in [0.2, 0.25) is 5.91 Å². The summed E-state index contributed by atoms with van der Waals surface area (Å²) in [6.45, 7) is 4.14. The number of carbonyl (C=O) groups is 1. The van der Waals surface area contributed by atoms with Gasteiger partial charge < -0.3 is 15.4 Å². The molecule has 0 bridgehead atoms. The molecule has 0 aromatic heterocycles. The first-order chi connectivity index (χ1) is 9.98. The van der Waals surface area contributed by atoms with Crippen LogP contribution in [0.3, 0.4) is 0 Å². The normalized spacial score (nSPS) is 17.5. The topological polar surface area (TPSA) is 50.4 Å². The van der Waals surface area contributed by atoms with Gasteiger partial charge >= 0.3 is 0 Å². The Balaban J connectivity index is 2.23. The predicted octanol–water partition coefficient (Wildman–Crippen LogP) is 3.47. The van der Waals surface area contributed by atoms with Gasteiger partial charge in [-0.3, -0.25) is 4.79 Å². The van der Waals surface area contributed by atoms with Gasteiger partial charge in [0.05, 0.1) is 17.7 Å². The summed E-state index contributed by atoms with van der Waals surface area (Å²) >= 11 is 7.04. The van der Waals surface area contributed by atoms with Crippen molar-refractivity contribution in [3.8, 4) is 0 Å². The summed E-state index contributed by atoms with van der Waals surface area (Å²) in [5.74, 6) is 0.0242. The molecule has 1 aliphatic heterocycles. The standard InChI is InChI=1S/C15H20Br2N2O2/c1-10-7-11(16)13(12(17)8-10)19-14(20)15(9-21-2)3-5-18-6-4-15/h7-8,18H,3-6,9H2,1-2H3,(H,19,20). The summed E-state index contributed by atoms with van der Waals surface area (Å²) in [6, 6.07) is 3.98. The fraction of sp³-hybridized carbons (Fsp3) is 0.533. The number of anilines is 1. The predicted molar refractivity (Wildman–Crippen MR) is 91.6 cm³/mol. The molecule has 1 aromatic rings. The second kappa shape index (κ2) is 7.22. The quantitative estimate of drug-likeness (QED) is 0.785. The van der Waals surface area contributed by atoms with E-state index in [0.717, 1.165) is 46.1 Å². The monoisotopic (exact) mass is 418 g/mol. The van der Waals surface area contributed by atoms with Crippen molar-refractivity contribution < 1.29 is 9.53 Å². The zero-order chi connectivity index (χ0) is 15.5. The maximum absolute atomic E-state index is 12.8. The molecular formula is C15H20Br2N2O2. The Kier molecular flexibility index (Phi) is 5.82. The molecule has 1 aliphatic rings. The minimum atomic E-state index is -0.455. The lowest BCUT2D eigenvalue weighted by atomic mass is 9.78. The molecule has 1 saturated heterocycles. The summed E-state index contributed by atoms with van der Waals surface area (Å²) in [5.41, 5.74) is 1.45. The van der Waals surface area contributed by atoms with E-state index < -0.39 is 5.41 Å². The van der Waals surface area contributed by atoms with Gasteiger partial charge in [0.15, 0.2) is 0 Å². The van der Waals surface area contributed by atoms with Crippen LogP contribution in [0.25, 0.3) is 0 Å². The number of halogens is 2. The van der Waals surface area contributed by atoms with Gasteiger partial charge in [-0.15, -0.1) is 0 Å². The van der Waals surface area contributed by atoms with Gasteiger partial charge in [-0.2, -0.15) is 0 Å². The van der Waals surface area contributed by atoms with E-state index in [1.807, 2.05) is 19.1 Å². The number of hydrogen-bond donors (Lipinski definition) is 2. The smallest absolute Gasteiger partial charge is 0.233 e. The van der Waals surface area contributed by atoms with Crippen LogP contribution in [0, 0.1) is 12.3 Å². The van der Waals surface area contributed by atoms with Crippen LogP contribution in [0.5, 0.6) is 0 Å². The summed E-state index contributed by atoms with van der Waals surface area (Å²) in [7, 11) is 1.65. The summed E-state index contributed by atoms with van der Waals surface area (Å²) < 4.78 is 7.07. The van der Waals surface area contributed by atoms with E-state index in [4.69, 9.17) is 4.74 Å². The Bertz CT molecular complexity index is 500. The van der Waals surface area contributed by atoms with Gasteiger partial charge in [0.25, 0.3) is 0 Å². The molecule has 21 heavy (non-hydrogen) atoms. The highest BCUT2D eigenvalue weighted by molar-refractivity contribution is 9.11. The van der Waals surface area contributed by atoms with Crippen molar-refractivity contribution in [1.82, 2.24) is 5.32 Å². The number of amides is 1. The number of aryl methyl sites for hydroxylation is 1. The molecule has 0 saturated carbocycles. The van der Waals surface area contributed by atoms with Gasteiger partial charge in [-0.05, 0) is 82.4 Å². The first-order valence-corrected chi connectivity index (χ1v) is 8.54. The van der Waals surface area contributed by atoms with Crippen molar-refractivity contribution in [3.63, 3.8) is 0 Å². The average Bonchev–Trinajstić information content (AvgIpc) is 2.44. The summed E-state index contributed by atoms with van der Waals surface area (Å²) in [6.07, 6.45) is 1.57. The van der Waals surface area contributed by atoms with Crippen LogP contribution in [0.15, 0.2) is 21.1 Å². The first kappa shape index (κ1) is 16.9. The highest BCUT2D eigenvalue weighted by Crippen LogP contribution is 2.36. The van der Waals surface area contributed by atoms with Crippen LogP contribution in [-0.2, 0) is 9.53 Å². The second-order valence-electron chi connectivity index (χ2n) is 5.52. The first-order valence-electron chi connectivity index (χ1n) is 6.95. The van der Waals surface area contributed by atoms with Crippen molar-refractivity contribution in [1.29, 1.82) is 0 Å². The van der Waals surface area contributed by atoms with E-state index in [0.29, 0.717) is 6.61 Å². The van der Waals surface area contributed by atoms with Crippen LogP contribution < -0.4 is 10.6 Å². The lowest BCUT2D eigenvalue weighted by molar-refractivity contribution is -0.130. The van der Waals surface area contributed by atoms with Crippen LogP contribution >= 0.6 is 31.9 Å². The van der Waals surface area contributed by atoms with Crippen LogP contribution in [-0.4, -0.2) is 32.7 Å². The second-order valence-corrected chi connectivity index (χ2v) is 7.23. The van der Waals surface area contributed by atoms with Gasteiger partial charge in [-0.1, -0.05) is 0 Å². The summed E-state index contributed by atoms with van der Waals surface area (Å²) in [4.78, 5) is 12.8. The fourth-order valence-electron chi connectivity index (χ4n) is 2.68. The van der Waals surface area contributed by atoms with E-state index in [1.54, 1.807) is 7.11 Å². The number of benzene rings is 1. The summed E-state index contributed by atoms with van der Waals surface area (Å²) in [5, 5.41) is 6.35. The minimum absolute atomic E-state index is 0.0242. The lowest BCUT2D eigenvalue weighted by Crippen LogP contribution is -2.47. The molecule has 0 atom stereocenters. The Morgan fingerprint density at radius 1 is 1.33 bits per heavy atom. The zero-order valence-electron chi connectivity index (χ0n) is 12.3.